The first-order chi connectivity index (χ1) is 33.1. The molecule has 0 unspecified atom stereocenters. The number of fused-ring (bicyclic) bond motifs is 10. The Kier molecular flexibility index (Phi) is 8.97. The fourth-order valence-corrected chi connectivity index (χ4v) is 13.2. The standard InChI is InChI=1S/C65H61BN2O/c1-40-19-13-14-22-44(40)42-35-55-60-56(36-42)68(53-25-17-15-23-45(53)41-20-11-10-12-21-41)61-51(29-30-58-59(61)46-24-16-18-26-57(46)69-58)66(60)52-38-49-50(65(8,9)34-33-64(49,6)7)39-54(52)67(55)43-27-28-47-48(37-43)63(4,5)32-31-62(47,2)3/h10-30,35-39H,31-34H2,1-9H3. The van der Waals surface area contributed by atoms with Gasteiger partial charge in [0, 0.05) is 33.7 Å². The molecule has 0 atom stereocenters. The van der Waals surface area contributed by atoms with Gasteiger partial charge in [0.15, 0.2) is 0 Å². The van der Waals surface area contributed by atoms with Crippen molar-refractivity contribution in [3.63, 3.8) is 0 Å². The van der Waals surface area contributed by atoms with E-state index in [1.165, 1.54) is 101 Å². The lowest BCUT2D eigenvalue weighted by molar-refractivity contribution is 0.332. The Morgan fingerprint density at radius 1 is 0.435 bits per heavy atom. The summed E-state index contributed by atoms with van der Waals surface area (Å²) in [5.74, 6) is 0. The van der Waals surface area contributed by atoms with E-state index in [1.807, 2.05) is 0 Å². The quantitative estimate of drug-likeness (QED) is 0.164. The molecular formula is C65H61BN2O. The van der Waals surface area contributed by atoms with Crippen LogP contribution in [0.2, 0.25) is 0 Å². The van der Waals surface area contributed by atoms with E-state index in [0.29, 0.717) is 0 Å². The first kappa shape index (κ1) is 42.3. The van der Waals surface area contributed by atoms with Gasteiger partial charge < -0.3 is 14.2 Å². The van der Waals surface area contributed by atoms with Gasteiger partial charge in [0.1, 0.15) is 11.2 Å². The van der Waals surface area contributed by atoms with Crippen molar-refractivity contribution in [1.29, 1.82) is 0 Å². The summed E-state index contributed by atoms with van der Waals surface area (Å²) in [6.07, 6.45) is 4.65. The van der Waals surface area contributed by atoms with Crippen LogP contribution in [-0.4, -0.2) is 6.71 Å². The van der Waals surface area contributed by atoms with E-state index >= 15 is 0 Å². The normalized spacial score (nSPS) is 17.8. The van der Waals surface area contributed by atoms with Gasteiger partial charge in [-0.2, -0.15) is 0 Å². The van der Waals surface area contributed by atoms with Gasteiger partial charge in [0.25, 0.3) is 6.71 Å². The van der Waals surface area contributed by atoms with Crippen LogP contribution in [0.25, 0.3) is 44.2 Å². The summed E-state index contributed by atoms with van der Waals surface area (Å²) < 4.78 is 6.83. The highest BCUT2D eigenvalue weighted by molar-refractivity contribution is 7.00. The number of nitrogens with zero attached hydrogens (tertiary/aromatic N) is 2. The predicted molar refractivity (Wildman–Crippen MR) is 294 cm³/mol. The van der Waals surface area contributed by atoms with Gasteiger partial charge in [0.05, 0.1) is 16.8 Å². The van der Waals surface area contributed by atoms with Crippen LogP contribution in [0.4, 0.5) is 34.1 Å². The summed E-state index contributed by atoms with van der Waals surface area (Å²) in [5, 5.41) is 2.29. The molecule has 4 heteroatoms. The van der Waals surface area contributed by atoms with Gasteiger partial charge in [-0.15, -0.1) is 0 Å². The van der Waals surface area contributed by atoms with E-state index < -0.39 is 0 Å². The van der Waals surface area contributed by atoms with E-state index in [-0.39, 0.29) is 28.4 Å². The van der Waals surface area contributed by atoms with E-state index in [2.05, 4.69) is 230 Å². The molecule has 4 aliphatic rings. The molecule has 69 heavy (non-hydrogen) atoms. The van der Waals surface area contributed by atoms with Crippen LogP contribution < -0.4 is 26.2 Å². The maximum Gasteiger partial charge on any atom is 0.252 e. The monoisotopic (exact) mass is 896 g/mol. The number of hydrogen-bond acceptors (Lipinski definition) is 3. The van der Waals surface area contributed by atoms with Crippen LogP contribution >= 0.6 is 0 Å². The van der Waals surface area contributed by atoms with Gasteiger partial charge in [-0.05, 0) is 164 Å². The zero-order valence-electron chi connectivity index (χ0n) is 41.7. The topological polar surface area (TPSA) is 19.6 Å². The Balaban J connectivity index is 1.22. The fourth-order valence-electron chi connectivity index (χ4n) is 13.2. The summed E-state index contributed by atoms with van der Waals surface area (Å²) >= 11 is 0. The number of furan rings is 1. The first-order valence-electron chi connectivity index (χ1n) is 25.4. The molecule has 0 N–H and O–H groups in total. The van der Waals surface area contributed by atoms with E-state index in [9.17, 15) is 0 Å². The minimum Gasteiger partial charge on any atom is -0.456 e. The van der Waals surface area contributed by atoms with Crippen molar-refractivity contribution in [1.82, 2.24) is 0 Å². The van der Waals surface area contributed by atoms with Gasteiger partial charge in [-0.3, -0.25) is 0 Å². The summed E-state index contributed by atoms with van der Waals surface area (Å²) in [5.41, 5.74) is 25.3. The van der Waals surface area contributed by atoms with Gasteiger partial charge in [0.2, 0.25) is 0 Å². The van der Waals surface area contributed by atoms with E-state index in [4.69, 9.17) is 4.42 Å². The fraction of sp³-hybridized carbons (Fsp3) is 0.262. The van der Waals surface area contributed by atoms with Crippen molar-refractivity contribution in [2.24, 2.45) is 0 Å². The van der Waals surface area contributed by atoms with Gasteiger partial charge in [-0.25, -0.2) is 0 Å². The molecule has 0 bridgehead atoms. The van der Waals surface area contributed by atoms with Crippen LogP contribution in [0.3, 0.4) is 0 Å². The molecule has 9 aromatic rings. The molecule has 3 heterocycles. The van der Waals surface area contributed by atoms with E-state index in [1.54, 1.807) is 0 Å². The number of aryl methyl sites for hydroxylation is 1. The second kappa shape index (κ2) is 14.6. The van der Waals surface area contributed by atoms with Crippen LogP contribution in [0.1, 0.15) is 109 Å². The molecule has 0 amide bonds. The Bertz CT molecular complexity index is 3610. The highest BCUT2D eigenvalue weighted by atomic mass is 16.3. The summed E-state index contributed by atoms with van der Waals surface area (Å²) in [7, 11) is 0. The number of para-hydroxylation sites is 2. The van der Waals surface area contributed by atoms with Gasteiger partial charge >= 0.3 is 0 Å². The molecule has 0 saturated carbocycles. The molecule has 340 valence electrons. The zero-order chi connectivity index (χ0) is 47.4. The van der Waals surface area contributed by atoms with Crippen LogP contribution in [0.5, 0.6) is 0 Å². The van der Waals surface area contributed by atoms with Crippen molar-refractivity contribution in [3.8, 4) is 22.3 Å². The Hall–Kier alpha value is -6.78. The largest absolute Gasteiger partial charge is 0.456 e. The zero-order valence-corrected chi connectivity index (χ0v) is 41.7. The van der Waals surface area contributed by atoms with Crippen molar-refractivity contribution >= 4 is 79.2 Å². The third-order valence-corrected chi connectivity index (χ3v) is 17.3. The number of anilines is 6. The SMILES string of the molecule is Cc1ccccc1-c1cc2c3c(c1)N(c1ccccc1-c1ccccc1)c1c(ccc4oc5ccccc5c14)B3c1cc3c(cc1N2c1ccc2c(c1)C(C)(C)CCC2(C)C)C(C)(C)CCC3(C)C. The second-order valence-electron chi connectivity index (χ2n) is 23.4. The molecule has 0 radical (unpaired) electrons. The molecule has 0 spiro atoms. The lowest BCUT2D eigenvalue weighted by Crippen LogP contribution is -2.62. The first-order valence-corrected chi connectivity index (χ1v) is 25.4. The third kappa shape index (κ3) is 6.19. The molecule has 1 aromatic heterocycles. The predicted octanol–water partition coefficient (Wildman–Crippen LogP) is 16.0. The summed E-state index contributed by atoms with van der Waals surface area (Å²) in [6.45, 7) is 21.9. The molecule has 13 rings (SSSR count). The van der Waals surface area contributed by atoms with E-state index in [0.717, 1.165) is 46.9 Å². The molecule has 2 aliphatic heterocycles. The van der Waals surface area contributed by atoms with Crippen molar-refractivity contribution in [2.45, 2.75) is 110 Å². The molecule has 0 fully saturated rings. The maximum atomic E-state index is 6.83. The summed E-state index contributed by atoms with van der Waals surface area (Å²) in [6, 6.07) is 60.1. The van der Waals surface area contributed by atoms with Crippen molar-refractivity contribution in [3.05, 3.63) is 186 Å². The number of rotatable bonds is 4. The average molecular weight is 897 g/mol. The number of benzene rings is 8. The molecule has 8 aromatic carbocycles. The lowest BCUT2D eigenvalue weighted by atomic mass is 9.33. The molecular weight excluding hydrogens is 836 g/mol. The highest BCUT2D eigenvalue weighted by Gasteiger charge is 2.48. The second-order valence-corrected chi connectivity index (χ2v) is 23.4. The highest BCUT2D eigenvalue weighted by Crippen LogP contribution is 2.55. The minimum absolute atomic E-state index is 0.0200. The summed E-state index contributed by atoms with van der Waals surface area (Å²) in [4.78, 5) is 5.33. The Labute approximate surface area is 408 Å². The smallest absolute Gasteiger partial charge is 0.252 e. The average Bonchev–Trinajstić information content (AvgIpc) is 3.73. The Morgan fingerprint density at radius 3 is 1.75 bits per heavy atom. The van der Waals surface area contributed by atoms with Crippen LogP contribution in [-0.2, 0) is 21.7 Å². The molecule has 0 saturated heterocycles. The molecule has 3 nitrogen and oxygen atoms in total. The maximum absolute atomic E-state index is 6.83. The third-order valence-electron chi connectivity index (χ3n) is 17.3. The van der Waals surface area contributed by atoms with Gasteiger partial charge in [-0.1, -0.05) is 165 Å². The lowest BCUT2D eigenvalue weighted by Gasteiger charge is -2.48. The minimum atomic E-state index is -0.0560. The number of hydrogen-bond donors (Lipinski definition) is 0. The van der Waals surface area contributed by atoms with Crippen molar-refractivity contribution in [2.75, 3.05) is 9.80 Å². The van der Waals surface area contributed by atoms with Crippen LogP contribution in [0.15, 0.2) is 162 Å². The van der Waals surface area contributed by atoms with Crippen molar-refractivity contribution < 1.29 is 4.42 Å². The Morgan fingerprint density at radius 2 is 1.03 bits per heavy atom. The van der Waals surface area contributed by atoms with Crippen LogP contribution in [0, 0.1) is 6.92 Å². The molecule has 2 aliphatic carbocycles.